The molecule has 1 aromatic carbocycles. The number of nitrogens with zero attached hydrogens (tertiary/aromatic N) is 4. The molecule has 0 spiro atoms. The van der Waals surface area contributed by atoms with Gasteiger partial charge in [0, 0.05) is 35.6 Å². The van der Waals surface area contributed by atoms with Crippen molar-refractivity contribution >= 4 is 11.6 Å². The van der Waals surface area contributed by atoms with Crippen LogP contribution in [0.1, 0.15) is 36.4 Å². The molecule has 0 aliphatic rings. The smallest absolute Gasteiger partial charge is 0.227 e. The largest absolute Gasteiger partial charge is 0.343 e. The molecular formula is C21H26N4O. The van der Waals surface area contributed by atoms with Crippen LogP contribution >= 0.6 is 0 Å². The molecule has 0 radical (unpaired) electrons. The fourth-order valence-electron chi connectivity index (χ4n) is 3.31. The first-order valence-electron chi connectivity index (χ1n) is 9.15. The third-order valence-electron chi connectivity index (χ3n) is 4.76. The minimum atomic E-state index is 0.110. The Morgan fingerprint density at radius 3 is 2.35 bits per heavy atom. The number of carbonyl (C=O) groups excluding carboxylic acids is 1. The summed E-state index contributed by atoms with van der Waals surface area (Å²) < 4.78 is 1.85. The van der Waals surface area contributed by atoms with E-state index < -0.39 is 0 Å². The predicted octanol–water partition coefficient (Wildman–Crippen LogP) is 3.73. The van der Waals surface area contributed by atoms with Crippen LogP contribution in [-0.4, -0.2) is 38.5 Å². The van der Waals surface area contributed by atoms with E-state index in [1.54, 1.807) is 0 Å². The van der Waals surface area contributed by atoms with Crippen LogP contribution in [0.2, 0.25) is 0 Å². The van der Waals surface area contributed by atoms with E-state index in [0.29, 0.717) is 19.5 Å². The number of rotatable bonds is 5. The quantitative estimate of drug-likeness (QED) is 0.704. The zero-order chi connectivity index (χ0) is 18.8. The van der Waals surface area contributed by atoms with Gasteiger partial charge in [-0.05, 0) is 40.7 Å². The van der Waals surface area contributed by atoms with Crippen LogP contribution in [0.15, 0.2) is 30.3 Å². The van der Waals surface area contributed by atoms with Crippen LogP contribution in [-0.2, 0) is 11.2 Å². The normalized spacial score (nSPS) is 11.1. The summed E-state index contributed by atoms with van der Waals surface area (Å²) in [7, 11) is 0. The molecule has 0 atom stereocenters. The number of aryl methyl sites for hydroxylation is 3. The maximum Gasteiger partial charge on any atom is 0.227 e. The molecule has 0 bridgehead atoms. The van der Waals surface area contributed by atoms with Gasteiger partial charge in [0.05, 0.1) is 12.1 Å². The Balaban J connectivity index is 2.18. The predicted molar refractivity (Wildman–Crippen MR) is 104 cm³/mol. The number of benzene rings is 1. The number of fused-ring (bicyclic) bond motifs is 1. The van der Waals surface area contributed by atoms with Gasteiger partial charge >= 0.3 is 0 Å². The zero-order valence-corrected chi connectivity index (χ0v) is 16.2. The second-order valence-electron chi connectivity index (χ2n) is 6.71. The summed E-state index contributed by atoms with van der Waals surface area (Å²) in [5.41, 5.74) is 6.68. The van der Waals surface area contributed by atoms with Gasteiger partial charge in [0.1, 0.15) is 0 Å². The molecule has 3 aromatic rings. The Morgan fingerprint density at radius 1 is 1.08 bits per heavy atom. The fourth-order valence-corrected chi connectivity index (χ4v) is 3.31. The number of hydrogen-bond acceptors (Lipinski definition) is 3. The lowest BCUT2D eigenvalue weighted by atomic mass is 10.0. The Kier molecular flexibility index (Phi) is 5.07. The lowest BCUT2D eigenvalue weighted by Gasteiger charge is -2.18. The van der Waals surface area contributed by atoms with E-state index in [2.05, 4.69) is 31.2 Å². The molecule has 0 saturated heterocycles. The monoisotopic (exact) mass is 350 g/mol. The average Bonchev–Trinajstić information content (AvgIpc) is 2.95. The third kappa shape index (κ3) is 3.34. The van der Waals surface area contributed by atoms with Gasteiger partial charge in [-0.3, -0.25) is 4.79 Å². The topological polar surface area (TPSA) is 50.5 Å². The molecule has 136 valence electrons. The number of aromatic nitrogens is 3. The maximum absolute atomic E-state index is 12.8. The van der Waals surface area contributed by atoms with Gasteiger partial charge in [-0.1, -0.05) is 29.8 Å². The number of hydrogen-bond donors (Lipinski definition) is 0. The van der Waals surface area contributed by atoms with Crippen LogP contribution in [0.4, 0.5) is 0 Å². The van der Waals surface area contributed by atoms with Crippen molar-refractivity contribution in [3.05, 3.63) is 52.8 Å². The van der Waals surface area contributed by atoms with Crippen molar-refractivity contribution in [2.45, 2.75) is 41.0 Å². The molecule has 0 unspecified atom stereocenters. The van der Waals surface area contributed by atoms with E-state index in [0.717, 1.165) is 33.9 Å². The van der Waals surface area contributed by atoms with Gasteiger partial charge in [-0.2, -0.15) is 5.10 Å². The SMILES string of the molecule is CCN(CC)C(=O)Cc1c(-c2ccc(C)cc2)nn2c(C)cc(C)nc12. The van der Waals surface area contributed by atoms with Crippen molar-refractivity contribution in [2.24, 2.45) is 0 Å². The van der Waals surface area contributed by atoms with Gasteiger partial charge in [0.15, 0.2) is 5.65 Å². The summed E-state index contributed by atoms with van der Waals surface area (Å²) in [5, 5.41) is 4.80. The van der Waals surface area contributed by atoms with Crippen molar-refractivity contribution in [1.29, 1.82) is 0 Å². The lowest BCUT2D eigenvalue weighted by molar-refractivity contribution is -0.130. The van der Waals surface area contributed by atoms with Crippen LogP contribution in [0, 0.1) is 20.8 Å². The highest BCUT2D eigenvalue weighted by molar-refractivity contribution is 5.84. The van der Waals surface area contributed by atoms with E-state index >= 15 is 0 Å². The number of carbonyl (C=O) groups is 1. The molecule has 2 heterocycles. The summed E-state index contributed by atoms with van der Waals surface area (Å²) in [6.07, 6.45) is 0.310. The molecular weight excluding hydrogens is 324 g/mol. The second kappa shape index (κ2) is 7.28. The fraction of sp³-hybridized carbons (Fsp3) is 0.381. The Hall–Kier alpha value is -2.69. The highest BCUT2D eigenvalue weighted by Gasteiger charge is 2.21. The third-order valence-corrected chi connectivity index (χ3v) is 4.76. The molecule has 1 amide bonds. The minimum absolute atomic E-state index is 0.110. The van der Waals surface area contributed by atoms with E-state index in [-0.39, 0.29) is 5.91 Å². The lowest BCUT2D eigenvalue weighted by Crippen LogP contribution is -2.31. The van der Waals surface area contributed by atoms with Crippen molar-refractivity contribution in [3.8, 4) is 11.3 Å². The van der Waals surface area contributed by atoms with Gasteiger partial charge in [0.2, 0.25) is 5.91 Å². The molecule has 0 N–H and O–H groups in total. The van der Waals surface area contributed by atoms with Gasteiger partial charge in [0.25, 0.3) is 0 Å². The second-order valence-corrected chi connectivity index (χ2v) is 6.71. The van der Waals surface area contributed by atoms with E-state index in [4.69, 9.17) is 10.1 Å². The van der Waals surface area contributed by atoms with Gasteiger partial charge < -0.3 is 4.90 Å². The molecule has 0 saturated carbocycles. The van der Waals surface area contributed by atoms with Crippen LogP contribution < -0.4 is 0 Å². The Bertz CT molecular complexity index is 937. The standard InChI is InChI=1S/C21H26N4O/c1-6-24(7-2)19(26)13-18-20(17-10-8-14(3)9-11-17)23-25-16(5)12-15(4)22-21(18)25/h8-12H,6-7,13H2,1-5H3. The molecule has 26 heavy (non-hydrogen) atoms. The summed E-state index contributed by atoms with van der Waals surface area (Å²) in [6, 6.07) is 10.3. The van der Waals surface area contributed by atoms with Crippen LogP contribution in [0.25, 0.3) is 16.9 Å². The maximum atomic E-state index is 12.8. The summed E-state index contributed by atoms with van der Waals surface area (Å²) >= 11 is 0. The summed E-state index contributed by atoms with van der Waals surface area (Å²) in [5.74, 6) is 0.110. The van der Waals surface area contributed by atoms with E-state index in [1.165, 1.54) is 5.56 Å². The number of likely N-dealkylation sites (N-methyl/N-ethyl adjacent to an activating group) is 1. The van der Waals surface area contributed by atoms with Crippen molar-refractivity contribution in [3.63, 3.8) is 0 Å². The Labute approximate surface area is 154 Å². The zero-order valence-electron chi connectivity index (χ0n) is 16.2. The van der Waals surface area contributed by atoms with Crippen LogP contribution in [0.3, 0.4) is 0 Å². The molecule has 0 fully saturated rings. The van der Waals surface area contributed by atoms with Crippen molar-refractivity contribution in [1.82, 2.24) is 19.5 Å². The van der Waals surface area contributed by atoms with Crippen LogP contribution in [0.5, 0.6) is 0 Å². The molecule has 5 heteroatoms. The summed E-state index contributed by atoms with van der Waals surface area (Å²) in [4.78, 5) is 19.3. The van der Waals surface area contributed by atoms with E-state index in [9.17, 15) is 4.79 Å². The van der Waals surface area contributed by atoms with E-state index in [1.807, 2.05) is 43.2 Å². The average molecular weight is 350 g/mol. The first-order chi connectivity index (χ1) is 12.4. The molecule has 2 aromatic heterocycles. The van der Waals surface area contributed by atoms with Gasteiger partial charge in [-0.25, -0.2) is 9.50 Å². The minimum Gasteiger partial charge on any atom is -0.343 e. The first kappa shape index (κ1) is 18.1. The van der Waals surface area contributed by atoms with Gasteiger partial charge in [-0.15, -0.1) is 0 Å². The summed E-state index contributed by atoms with van der Waals surface area (Å²) in [6.45, 7) is 11.5. The highest BCUT2D eigenvalue weighted by Crippen LogP contribution is 2.27. The molecule has 5 nitrogen and oxygen atoms in total. The molecule has 3 rings (SSSR count). The van der Waals surface area contributed by atoms with Crippen molar-refractivity contribution < 1.29 is 4.79 Å². The molecule has 0 aliphatic heterocycles. The number of amides is 1. The molecule has 0 aliphatic carbocycles. The first-order valence-corrected chi connectivity index (χ1v) is 9.15. The van der Waals surface area contributed by atoms with Crippen molar-refractivity contribution in [2.75, 3.05) is 13.1 Å². The Morgan fingerprint density at radius 2 is 1.73 bits per heavy atom. The highest BCUT2D eigenvalue weighted by atomic mass is 16.2.